The van der Waals surface area contributed by atoms with E-state index in [1.54, 1.807) is 0 Å². The van der Waals surface area contributed by atoms with Crippen LogP contribution in [0.25, 0.3) is 0 Å². The average Bonchev–Trinajstić information content (AvgIpc) is 0.918. The third kappa shape index (κ3) is 23.3. The zero-order chi connectivity index (χ0) is 2.71. The molecule has 0 fully saturated rings. The van der Waals surface area contributed by atoms with Crippen LogP contribution in [0.1, 0.15) is 0 Å². The van der Waals surface area contributed by atoms with Crippen molar-refractivity contribution in [2.24, 2.45) is 0 Å². The Balaban J connectivity index is 0. The predicted molar refractivity (Wildman–Crippen MR) is 9.69 cm³/mol. The molecule has 0 N–H and O–H groups in total. The van der Waals surface area contributed by atoms with Gasteiger partial charge in [0.05, 0.1) is 0 Å². The van der Waals surface area contributed by atoms with Crippen molar-refractivity contribution < 1.29 is 27.7 Å². The second kappa shape index (κ2) is 9.76. The zero-order valence-electron chi connectivity index (χ0n) is 1.76. The third-order valence-electron chi connectivity index (χ3n) is 0. The van der Waals surface area contributed by atoms with E-state index in [-0.39, 0.29) is 18.6 Å². The maximum atomic E-state index is 8.40. The van der Waals surface area contributed by atoms with E-state index >= 15 is 0 Å². The van der Waals surface area contributed by atoms with Crippen molar-refractivity contribution in [3.63, 3.8) is 0 Å². The van der Waals surface area contributed by atoms with E-state index in [0.717, 1.165) is 0 Å². The summed E-state index contributed by atoms with van der Waals surface area (Å²) < 4.78 is 16.8. The van der Waals surface area contributed by atoms with Gasteiger partial charge in [0, 0.05) is 18.6 Å². The molecule has 23 valence electrons. The molecule has 0 spiro atoms. The fourth-order valence-electron chi connectivity index (χ4n) is 0. The molecule has 0 atom stereocenters. The summed E-state index contributed by atoms with van der Waals surface area (Å²) in [5.74, 6) is 0. The van der Waals surface area contributed by atoms with Crippen molar-refractivity contribution in [1.29, 1.82) is 0 Å². The van der Waals surface area contributed by atoms with Gasteiger partial charge in [0.25, 0.3) is 0 Å². The Bertz CT molecular complexity index is 27.0. The Hall–Kier alpha value is 0.484. The van der Waals surface area contributed by atoms with Crippen LogP contribution in [0.3, 0.4) is 0 Å². The normalized spacial score (nSPS) is 3.00. The topological polar surface area (TPSA) is 34.1 Å². The summed E-state index contributed by atoms with van der Waals surface area (Å²) in [6.45, 7) is 0. The summed E-state index contributed by atoms with van der Waals surface area (Å²) >= 11 is 0. The first-order valence-corrected chi connectivity index (χ1v) is 1.22. The number of hydrogen-bond acceptors (Lipinski definition) is 2. The van der Waals surface area contributed by atoms with Crippen LogP contribution in [0.5, 0.6) is 0 Å². The van der Waals surface area contributed by atoms with E-state index in [0.29, 0.717) is 0 Å². The van der Waals surface area contributed by atoms with E-state index in [2.05, 4.69) is 0 Å². The van der Waals surface area contributed by atoms with Gasteiger partial charge in [-0.3, -0.25) is 0 Å². The second-order valence-corrected chi connectivity index (χ2v) is 0.250. The summed E-state index contributed by atoms with van der Waals surface area (Å²) in [7, 11) is -1.42. The van der Waals surface area contributed by atoms with Crippen molar-refractivity contribution in [2.75, 3.05) is 0 Å². The van der Waals surface area contributed by atoms with Gasteiger partial charge in [0.15, 0.2) is 0 Å². The first-order valence-electron chi connectivity index (χ1n) is 0.408. The molecule has 0 saturated heterocycles. The molecule has 0 aliphatic heterocycles. The first-order chi connectivity index (χ1) is 1.41. The van der Waals surface area contributed by atoms with Gasteiger partial charge in [-0.15, -0.1) is 0 Å². The minimum absolute atomic E-state index is 0. The van der Waals surface area contributed by atoms with E-state index in [1.807, 2.05) is 0 Å². The van der Waals surface area contributed by atoms with Crippen LogP contribution in [0.2, 0.25) is 0 Å². The van der Waals surface area contributed by atoms with Gasteiger partial charge < -0.3 is 0 Å². The van der Waals surface area contributed by atoms with E-state index in [9.17, 15) is 0 Å². The summed E-state index contributed by atoms with van der Waals surface area (Å²) in [5, 5.41) is 0. The van der Waals surface area contributed by atoms with Crippen LogP contribution in [0, 0.1) is 0 Å². The molecule has 4 heteroatoms. The molecular formula is HO2PV. The number of rotatable bonds is 0. The number of hydrogen-bond donors (Lipinski definition) is 0. The molecule has 0 amide bonds. The van der Waals surface area contributed by atoms with Gasteiger partial charge in [-0.25, -0.2) is 9.13 Å². The van der Waals surface area contributed by atoms with Crippen LogP contribution in [0.15, 0.2) is 0 Å². The summed E-state index contributed by atoms with van der Waals surface area (Å²) in [6.07, 6.45) is 0. The quantitative estimate of drug-likeness (QED) is 0.427. The van der Waals surface area contributed by atoms with Gasteiger partial charge in [-0.2, -0.15) is 0 Å². The van der Waals surface area contributed by atoms with Gasteiger partial charge in [0.2, 0.25) is 0 Å². The Morgan fingerprint density at radius 1 is 1.25 bits per heavy atom. The Morgan fingerprint density at radius 2 is 1.25 bits per heavy atom. The average molecular weight is 115 g/mol. The molecule has 1 radical (unpaired) electrons. The van der Waals surface area contributed by atoms with Gasteiger partial charge in [-0.05, 0) is 0 Å². The zero-order valence-corrected chi connectivity index (χ0v) is 4.16. The largest absolute Gasteiger partial charge is 0.303 e. The molecule has 0 aromatic heterocycles. The summed E-state index contributed by atoms with van der Waals surface area (Å²) in [5.41, 5.74) is 0. The SMILES string of the molecule is O=[PH]=O.[V]. The third-order valence-corrected chi connectivity index (χ3v) is 0. The molecule has 0 bridgehead atoms. The summed E-state index contributed by atoms with van der Waals surface area (Å²) in [6, 6.07) is 0. The molecule has 0 saturated carbocycles. The van der Waals surface area contributed by atoms with E-state index in [1.165, 1.54) is 0 Å². The molecule has 0 aliphatic carbocycles. The van der Waals surface area contributed by atoms with E-state index in [4.69, 9.17) is 9.13 Å². The van der Waals surface area contributed by atoms with Crippen LogP contribution < -0.4 is 0 Å². The fourth-order valence-corrected chi connectivity index (χ4v) is 0. The minimum atomic E-state index is -1.42. The van der Waals surface area contributed by atoms with Crippen LogP contribution in [-0.4, -0.2) is 0 Å². The van der Waals surface area contributed by atoms with Crippen LogP contribution >= 0.6 is 8.34 Å². The van der Waals surface area contributed by atoms with Crippen molar-refractivity contribution in [3.05, 3.63) is 0 Å². The second-order valence-electron chi connectivity index (χ2n) is 0.0833. The Kier molecular flexibility index (Phi) is 21.5. The van der Waals surface area contributed by atoms with Crippen molar-refractivity contribution in [3.8, 4) is 0 Å². The van der Waals surface area contributed by atoms with Gasteiger partial charge >= 0.3 is 8.34 Å². The molecule has 4 heavy (non-hydrogen) atoms. The van der Waals surface area contributed by atoms with Crippen molar-refractivity contribution >= 4 is 8.34 Å². The fraction of sp³-hybridized carbons (Fsp3) is 0. The molecule has 0 unspecified atom stereocenters. The molecular weight excluding hydrogens is 114 g/mol. The standard InChI is InChI=1S/HO2P.V/c1-3-2;/h3H;. The van der Waals surface area contributed by atoms with Crippen molar-refractivity contribution in [1.82, 2.24) is 0 Å². The maximum absolute atomic E-state index is 8.40. The van der Waals surface area contributed by atoms with E-state index < -0.39 is 8.34 Å². The minimum Gasteiger partial charge on any atom is -0.241 e. The van der Waals surface area contributed by atoms with Crippen LogP contribution in [-0.2, 0) is 27.7 Å². The molecule has 0 aromatic carbocycles. The van der Waals surface area contributed by atoms with Gasteiger partial charge in [0.1, 0.15) is 0 Å². The Labute approximate surface area is 36.7 Å². The van der Waals surface area contributed by atoms with Gasteiger partial charge in [-0.1, -0.05) is 0 Å². The first kappa shape index (κ1) is 8.82. The Morgan fingerprint density at radius 3 is 1.25 bits per heavy atom. The molecule has 0 aromatic rings. The molecule has 2 nitrogen and oxygen atoms in total. The monoisotopic (exact) mass is 115 g/mol. The predicted octanol–water partition coefficient (Wildman–Crippen LogP) is 0.353. The smallest absolute Gasteiger partial charge is 0.241 e. The molecule has 0 heterocycles. The molecule has 0 aliphatic rings. The van der Waals surface area contributed by atoms with Crippen LogP contribution in [0.4, 0.5) is 0 Å². The maximum Gasteiger partial charge on any atom is 0.303 e. The molecule has 0 rings (SSSR count). The van der Waals surface area contributed by atoms with Crippen molar-refractivity contribution in [2.45, 2.75) is 0 Å². The summed E-state index contributed by atoms with van der Waals surface area (Å²) in [4.78, 5) is 0.